The summed E-state index contributed by atoms with van der Waals surface area (Å²) in [6, 6.07) is 40.1. The third kappa shape index (κ3) is 7.30. The molecule has 0 bridgehead atoms. The molecule has 2 heteroatoms. The first kappa shape index (κ1) is 37.1. The van der Waals surface area contributed by atoms with Crippen LogP contribution in [-0.4, -0.2) is 6.88 Å². The van der Waals surface area contributed by atoms with Gasteiger partial charge in [0, 0.05) is 0 Å². The van der Waals surface area contributed by atoms with Crippen molar-refractivity contribution in [1.29, 1.82) is 0 Å². The van der Waals surface area contributed by atoms with E-state index >= 15 is 0 Å². The van der Waals surface area contributed by atoms with Gasteiger partial charge in [0.25, 0.3) is 0 Å². The van der Waals surface area contributed by atoms with E-state index in [2.05, 4.69) is 165 Å². The summed E-state index contributed by atoms with van der Waals surface area (Å²) in [6.07, 6.45) is 0. The van der Waals surface area contributed by atoms with Gasteiger partial charge in [0.05, 0.1) is 0 Å². The Hall–Kier alpha value is -3.32. The molecular weight excluding hydrogens is 648 g/mol. The molecule has 7 rings (SSSR count). The molecule has 0 aliphatic carbocycles. The van der Waals surface area contributed by atoms with Gasteiger partial charge < -0.3 is 14.9 Å². The van der Waals surface area contributed by atoms with Gasteiger partial charge in [0.15, 0.2) is 0 Å². The zero-order chi connectivity index (χ0) is 31.5. The first-order valence-corrected chi connectivity index (χ1v) is 19.6. The van der Waals surface area contributed by atoms with Crippen molar-refractivity contribution in [3.8, 4) is 22.3 Å². The van der Waals surface area contributed by atoms with E-state index in [9.17, 15) is 0 Å². The van der Waals surface area contributed by atoms with Gasteiger partial charge in [0.2, 0.25) is 0 Å². The topological polar surface area (TPSA) is 0 Å². The Labute approximate surface area is 294 Å². The van der Waals surface area contributed by atoms with E-state index in [4.69, 9.17) is 0 Å². The van der Waals surface area contributed by atoms with Gasteiger partial charge in [-0.3, -0.25) is 0 Å². The summed E-state index contributed by atoms with van der Waals surface area (Å²) in [5, 5.41) is 8.10. The van der Waals surface area contributed by atoms with Crippen LogP contribution in [0.5, 0.6) is 0 Å². The fraction of sp³-hybridized carbons (Fsp3) is 0.182. The van der Waals surface area contributed by atoms with Crippen LogP contribution in [0.25, 0.3) is 54.6 Å². The van der Waals surface area contributed by atoms with Crippen molar-refractivity contribution in [2.75, 3.05) is 0 Å². The maximum atomic E-state index is 3.06. The van der Waals surface area contributed by atoms with Crippen LogP contribution < -0.4 is 0 Å². The summed E-state index contributed by atoms with van der Waals surface area (Å²) in [4.78, 5) is 0. The Balaban J connectivity index is 0.000000228. The summed E-state index contributed by atoms with van der Waals surface area (Å²) in [5.41, 5.74) is 13.7. The molecule has 0 N–H and O–H groups in total. The Bertz CT molecular complexity index is 2080. The van der Waals surface area contributed by atoms with Gasteiger partial charge in [-0.25, -0.2) is 0 Å². The van der Waals surface area contributed by atoms with Crippen molar-refractivity contribution in [2.45, 2.75) is 54.4 Å². The van der Waals surface area contributed by atoms with Crippen LogP contribution in [0.3, 0.4) is 0 Å². The molecule has 0 saturated heterocycles. The molecule has 7 aromatic rings. The van der Waals surface area contributed by atoms with E-state index in [1.165, 1.54) is 111 Å². The fourth-order valence-electron chi connectivity index (χ4n) is 6.36. The Morgan fingerprint density at radius 3 is 1.85 bits per heavy atom. The minimum absolute atomic E-state index is 0. The van der Waals surface area contributed by atoms with Gasteiger partial charge in [-0.1, -0.05) is 106 Å². The SMILES string of the molecule is Cc1cc2c(-c3cccc4ccccc34)ccc(C)c2[cH-]1.Cc1ccc(-c2cccc3[cH-]c(C(C)C)cc23)c(C)c1C.[CH3-].[CH3-].[Si]=[Zr]. The average molecular weight is 694 g/mol. The molecule has 0 unspecified atom stereocenters. The van der Waals surface area contributed by atoms with Gasteiger partial charge in [-0.05, 0) is 65.3 Å². The van der Waals surface area contributed by atoms with Crippen molar-refractivity contribution < 1.29 is 23.3 Å². The van der Waals surface area contributed by atoms with E-state index in [-0.39, 0.29) is 14.9 Å². The quantitative estimate of drug-likeness (QED) is 0.128. The molecule has 234 valence electrons. The molecule has 0 atom stereocenters. The van der Waals surface area contributed by atoms with Gasteiger partial charge in [0.1, 0.15) is 0 Å². The van der Waals surface area contributed by atoms with Crippen LogP contribution in [0.4, 0.5) is 0 Å². The molecule has 0 fully saturated rings. The van der Waals surface area contributed by atoms with Crippen molar-refractivity contribution in [2.24, 2.45) is 0 Å². The Kier molecular flexibility index (Phi) is 12.9. The number of aryl methyl sites for hydroxylation is 3. The molecule has 0 heterocycles. The fourth-order valence-corrected chi connectivity index (χ4v) is 6.36. The number of rotatable bonds is 3. The van der Waals surface area contributed by atoms with Crippen LogP contribution in [0.2, 0.25) is 0 Å². The molecule has 0 aliphatic heterocycles. The van der Waals surface area contributed by atoms with Crippen LogP contribution in [0.1, 0.15) is 53.1 Å². The van der Waals surface area contributed by atoms with Gasteiger partial charge in [-0.15, -0.1) is 68.6 Å². The number of hydrogen-bond acceptors (Lipinski definition) is 0. The second kappa shape index (κ2) is 16.0. The van der Waals surface area contributed by atoms with Crippen molar-refractivity contribution in [1.82, 2.24) is 0 Å². The maximum absolute atomic E-state index is 3.06. The molecule has 0 nitrogen and oxygen atoms in total. The summed E-state index contributed by atoms with van der Waals surface area (Å²) in [7, 11) is 0. The van der Waals surface area contributed by atoms with Crippen molar-refractivity contribution in [3.05, 3.63) is 157 Å². The third-order valence-corrected chi connectivity index (χ3v) is 9.12. The molecular formula is C44H46SiZr-4. The summed E-state index contributed by atoms with van der Waals surface area (Å²) in [6.45, 7) is 18.6. The van der Waals surface area contributed by atoms with Crippen LogP contribution in [-0.2, 0) is 23.3 Å². The van der Waals surface area contributed by atoms with Crippen LogP contribution >= 0.6 is 0 Å². The standard InChI is InChI=1S/C21H17.C21H23.2CH3.Si.Zr/c1-14-12-20-15(2)10-11-19(21(20)13-14)18-9-5-7-16-6-3-4-8-17(16)18;1-13(2)18-11-17-7-6-8-20(21(17)12-18)19-10-9-14(3)15(4)16(19)5;;;;/h3-13H,1-2H3;6-13H,1-5H3;2*1H3;;/q4*-1;;. The number of benzene rings is 5. The normalized spacial score (nSPS) is 10.5. The molecule has 0 aromatic heterocycles. The average Bonchev–Trinajstić information content (AvgIpc) is 3.66. The number of fused-ring (bicyclic) bond motifs is 3. The van der Waals surface area contributed by atoms with Gasteiger partial charge in [-0.2, -0.15) is 12.1 Å². The van der Waals surface area contributed by atoms with Crippen molar-refractivity contribution in [3.63, 3.8) is 0 Å². The minimum atomic E-state index is 0. The predicted octanol–water partition coefficient (Wildman–Crippen LogP) is 12.8. The summed E-state index contributed by atoms with van der Waals surface area (Å²) in [5.74, 6) is 0.575. The van der Waals surface area contributed by atoms with E-state index < -0.39 is 0 Å². The zero-order valence-corrected chi connectivity index (χ0v) is 32.4. The third-order valence-electron chi connectivity index (χ3n) is 9.12. The zero-order valence-electron chi connectivity index (χ0n) is 29.0. The first-order valence-electron chi connectivity index (χ1n) is 15.4. The molecule has 0 amide bonds. The summed E-state index contributed by atoms with van der Waals surface area (Å²) < 4.78 is 0. The van der Waals surface area contributed by atoms with E-state index in [1.807, 2.05) is 0 Å². The number of hydrogen-bond donors (Lipinski definition) is 0. The Morgan fingerprint density at radius 1 is 0.543 bits per heavy atom. The van der Waals surface area contributed by atoms with E-state index in [1.54, 1.807) is 0 Å². The van der Waals surface area contributed by atoms with Gasteiger partial charge >= 0.3 is 30.2 Å². The molecule has 0 spiro atoms. The molecule has 7 aromatic carbocycles. The van der Waals surface area contributed by atoms with E-state index in [0.29, 0.717) is 5.92 Å². The molecule has 0 saturated carbocycles. The molecule has 46 heavy (non-hydrogen) atoms. The van der Waals surface area contributed by atoms with Crippen LogP contribution in [0.15, 0.2) is 109 Å². The Morgan fingerprint density at radius 2 is 1.13 bits per heavy atom. The predicted molar refractivity (Wildman–Crippen MR) is 204 cm³/mol. The summed E-state index contributed by atoms with van der Waals surface area (Å²) >= 11 is 1.36. The van der Waals surface area contributed by atoms with Crippen molar-refractivity contribution >= 4 is 39.2 Å². The second-order valence-electron chi connectivity index (χ2n) is 12.2. The first-order chi connectivity index (χ1) is 21.2. The van der Waals surface area contributed by atoms with Crippen LogP contribution in [0, 0.1) is 49.5 Å². The monoisotopic (exact) mass is 692 g/mol. The molecule has 2 radical (unpaired) electrons. The van der Waals surface area contributed by atoms with E-state index in [0.717, 1.165) is 0 Å². The second-order valence-corrected chi connectivity index (χ2v) is 12.2. The molecule has 0 aliphatic rings.